The summed E-state index contributed by atoms with van der Waals surface area (Å²) in [5.74, 6) is 2.32. The maximum absolute atomic E-state index is 14.3. The SMILES string of the molecule is COC(=O)c1ccc(C#C[Se]c2cc(OCc3ccc(F)cc3F)c3c(c2)C(C)(C)CCC3(C)C)cc1. The quantitative estimate of drug-likeness (QED) is 0.215. The summed E-state index contributed by atoms with van der Waals surface area (Å²) in [5, 5.41) is 0. The van der Waals surface area contributed by atoms with Gasteiger partial charge in [0.05, 0.1) is 0 Å². The van der Waals surface area contributed by atoms with Crippen LogP contribution < -0.4 is 9.20 Å². The summed E-state index contributed by atoms with van der Waals surface area (Å²) < 4.78 is 39.7. The molecule has 0 bridgehead atoms. The minimum absolute atomic E-state index is 0.0176. The van der Waals surface area contributed by atoms with E-state index in [1.54, 1.807) is 24.3 Å². The minimum atomic E-state index is -0.613. The summed E-state index contributed by atoms with van der Waals surface area (Å²) in [6.45, 7) is 8.94. The fourth-order valence-corrected chi connectivity index (χ4v) is 5.95. The molecular formula is C31H30F2O3Se. The molecule has 0 saturated heterocycles. The van der Waals surface area contributed by atoms with Crippen LogP contribution in [-0.4, -0.2) is 28.0 Å². The Morgan fingerprint density at radius 1 is 0.973 bits per heavy atom. The Hall–Kier alpha value is -3.13. The van der Waals surface area contributed by atoms with Crippen LogP contribution in [0.15, 0.2) is 54.6 Å². The van der Waals surface area contributed by atoms with Crippen molar-refractivity contribution in [1.29, 1.82) is 0 Å². The third-order valence-electron chi connectivity index (χ3n) is 6.93. The molecule has 0 unspecified atom stereocenters. The van der Waals surface area contributed by atoms with Crippen molar-refractivity contribution in [2.45, 2.75) is 58.0 Å². The molecule has 0 heterocycles. The van der Waals surface area contributed by atoms with Gasteiger partial charge in [-0.15, -0.1) is 0 Å². The van der Waals surface area contributed by atoms with Crippen LogP contribution in [0.1, 0.15) is 73.1 Å². The molecule has 6 heteroatoms. The normalized spacial score (nSPS) is 15.2. The number of fused-ring (bicyclic) bond motifs is 1. The van der Waals surface area contributed by atoms with Crippen LogP contribution in [0.3, 0.4) is 0 Å². The molecule has 0 amide bonds. The number of carbonyl (C=O) groups excluding carboxylic acids is 1. The van der Waals surface area contributed by atoms with Gasteiger partial charge in [0.15, 0.2) is 0 Å². The molecule has 0 atom stereocenters. The second-order valence-electron chi connectivity index (χ2n) is 10.5. The zero-order valence-electron chi connectivity index (χ0n) is 21.7. The number of hydrogen-bond donors (Lipinski definition) is 0. The Morgan fingerprint density at radius 2 is 1.68 bits per heavy atom. The maximum atomic E-state index is 14.3. The standard InChI is InChI=1S/C31H30F2O3Se/c1-30(2)13-14-31(3,4)28-25(30)17-24(18-27(28)36-19-22-10-11-23(32)16-26(22)33)37-15-12-20-6-8-21(9-7-20)29(34)35-5/h6-11,16-18H,13-14,19H2,1-5H3. The molecule has 3 aromatic rings. The third kappa shape index (κ3) is 6.06. The van der Waals surface area contributed by atoms with Crippen LogP contribution in [0, 0.1) is 22.4 Å². The Balaban J connectivity index is 1.66. The number of ether oxygens (including phenoxy) is 2. The number of halogens is 2. The number of benzene rings is 3. The molecule has 0 spiro atoms. The molecule has 1 aliphatic rings. The van der Waals surface area contributed by atoms with Gasteiger partial charge in [-0.05, 0) is 0 Å². The van der Waals surface area contributed by atoms with Crippen LogP contribution in [-0.2, 0) is 22.2 Å². The second-order valence-corrected chi connectivity index (χ2v) is 12.4. The summed E-state index contributed by atoms with van der Waals surface area (Å²) >= 11 is -0.160. The summed E-state index contributed by atoms with van der Waals surface area (Å²) in [7, 11) is 1.35. The zero-order chi connectivity index (χ0) is 26.8. The first-order valence-corrected chi connectivity index (χ1v) is 13.8. The fraction of sp³-hybridized carbons (Fsp3) is 0.323. The average molecular weight is 568 g/mol. The van der Waals surface area contributed by atoms with Crippen molar-refractivity contribution in [2.75, 3.05) is 7.11 Å². The van der Waals surface area contributed by atoms with E-state index in [2.05, 4.69) is 44.5 Å². The molecule has 0 N–H and O–H groups in total. The monoisotopic (exact) mass is 568 g/mol. The molecule has 37 heavy (non-hydrogen) atoms. The van der Waals surface area contributed by atoms with Gasteiger partial charge in [-0.2, -0.15) is 0 Å². The Kier molecular flexibility index (Phi) is 7.78. The molecule has 1 aliphatic carbocycles. The first-order chi connectivity index (χ1) is 17.5. The molecule has 0 radical (unpaired) electrons. The summed E-state index contributed by atoms with van der Waals surface area (Å²) in [6, 6.07) is 14.8. The number of methoxy groups -OCH3 is 1. The van der Waals surface area contributed by atoms with Crippen molar-refractivity contribution >= 4 is 25.4 Å². The van der Waals surface area contributed by atoms with Gasteiger partial charge >= 0.3 is 224 Å². The Bertz CT molecular complexity index is 1380. The van der Waals surface area contributed by atoms with Crippen LogP contribution in [0.2, 0.25) is 0 Å². The van der Waals surface area contributed by atoms with E-state index in [4.69, 9.17) is 9.47 Å². The van der Waals surface area contributed by atoms with Crippen molar-refractivity contribution in [1.82, 2.24) is 0 Å². The van der Waals surface area contributed by atoms with Gasteiger partial charge in [0.2, 0.25) is 0 Å². The van der Waals surface area contributed by atoms with Gasteiger partial charge in [0, 0.05) is 0 Å². The zero-order valence-corrected chi connectivity index (χ0v) is 23.4. The fourth-order valence-electron chi connectivity index (χ4n) is 4.62. The topological polar surface area (TPSA) is 35.5 Å². The molecule has 0 aliphatic heterocycles. The van der Waals surface area contributed by atoms with E-state index in [1.807, 2.05) is 6.07 Å². The van der Waals surface area contributed by atoms with Crippen molar-refractivity contribution in [3.8, 4) is 16.5 Å². The van der Waals surface area contributed by atoms with E-state index in [-0.39, 0.29) is 38.4 Å². The molecule has 0 aromatic heterocycles. The van der Waals surface area contributed by atoms with Crippen LogP contribution >= 0.6 is 0 Å². The number of rotatable bonds is 5. The predicted molar refractivity (Wildman–Crippen MR) is 142 cm³/mol. The summed E-state index contributed by atoms with van der Waals surface area (Å²) in [5.41, 5.74) is 3.87. The average Bonchev–Trinajstić information content (AvgIpc) is 2.86. The van der Waals surface area contributed by atoms with Gasteiger partial charge < -0.3 is 0 Å². The van der Waals surface area contributed by atoms with E-state index >= 15 is 0 Å². The van der Waals surface area contributed by atoms with E-state index < -0.39 is 11.6 Å². The van der Waals surface area contributed by atoms with E-state index in [9.17, 15) is 13.6 Å². The number of esters is 1. The van der Waals surface area contributed by atoms with E-state index in [1.165, 1.54) is 24.8 Å². The van der Waals surface area contributed by atoms with E-state index in [0.717, 1.165) is 40.2 Å². The number of hydrogen-bond acceptors (Lipinski definition) is 3. The van der Waals surface area contributed by atoms with Gasteiger partial charge in [0.25, 0.3) is 0 Å². The molecule has 3 nitrogen and oxygen atoms in total. The van der Waals surface area contributed by atoms with Crippen molar-refractivity contribution < 1.29 is 23.0 Å². The molecule has 3 aromatic carbocycles. The van der Waals surface area contributed by atoms with E-state index in [0.29, 0.717) is 11.1 Å². The van der Waals surface area contributed by atoms with Gasteiger partial charge in [-0.25, -0.2) is 0 Å². The van der Waals surface area contributed by atoms with Crippen LogP contribution in [0.5, 0.6) is 5.75 Å². The third-order valence-corrected chi connectivity index (χ3v) is 8.34. The molecule has 0 saturated carbocycles. The Labute approximate surface area is 223 Å². The molecule has 192 valence electrons. The van der Waals surface area contributed by atoms with Crippen molar-refractivity contribution in [2.24, 2.45) is 0 Å². The van der Waals surface area contributed by atoms with Gasteiger partial charge in [-0.1, -0.05) is 0 Å². The predicted octanol–water partition coefficient (Wildman–Crippen LogP) is 6.02. The summed E-state index contributed by atoms with van der Waals surface area (Å²) in [4.78, 5) is 14.9. The van der Waals surface area contributed by atoms with Gasteiger partial charge in [-0.3, -0.25) is 0 Å². The molecule has 4 rings (SSSR count). The van der Waals surface area contributed by atoms with Crippen LogP contribution in [0.4, 0.5) is 8.78 Å². The van der Waals surface area contributed by atoms with Crippen molar-refractivity contribution in [3.63, 3.8) is 0 Å². The first-order valence-electron chi connectivity index (χ1n) is 12.1. The Morgan fingerprint density at radius 3 is 2.35 bits per heavy atom. The summed E-state index contributed by atoms with van der Waals surface area (Å²) in [6.07, 6.45) is 2.06. The van der Waals surface area contributed by atoms with Crippen molar-refractivity contribution in [3.05, 3.63) is 94.0 Å². The second kappa shape index (κ2) is 10.7. The first kappa shape index (κ1) is 26.9. The van der Waals surface area contributed by atoms with Crippen LogP contribution in [0.25, 0.3) is 0 Å². The van der Waals surface area contributed by atoms with Gasteiger partial charge in [0.1, 0.15) is 0 Å². The molecular weight excluding hydrogens is 537 g/mol. The number of carbonyl (C=O) groups is 1. The molecule has 0 fully saturated rings.